The van der Waals surface area contributed by atoms with Crippen LogP contribution < -0.4 is 31.7 Å². The number of carboxylic acid groups (broad SMARTS) is 1. The van der Waals surface area contributed by atoms with Crippen LogP contribution in [0.3, 0.4) is 0 Å². The minimum atomic E-state index is -4.09. The number of nitrogens with zero attached hydrogens (tertiary/aromatic N) is 4. The Kier molecular flexibility index (Phi) is 12.1. The van der Waals surface area contributed by atoms with Crippen LogP contribution >= 0.6 is 22.7 Å². The van der Waals surface area contributed by atoms with Crippen molar-refractivity contribution in [3.05, 3.63) is 51.7 Å². The Morgan fingerprint density at radius 2 is 1.90 bits per heavy atom. The number of nitrogens with one attached hydrogen (secondary N) is 3. The molecule has 15 nitrogen and oxygen atoms in total. The van der Waals surface area contributed by atoms with Crippen LogP contribution in [0.2, 0.25) is 0 Å². The van der Waals surface area contributed by atoms with Crippen LogP contribution in [0.25, 0.3) is 0 Å². The van der Waals surface area contributed by atoms with Gasteiger partial charge in [0.05, 0.1) is 36.0 Å². The lowest BCUT2D eigenvalue weighted by Gasteiger charge is -2.40. The monoisotopic (exact) mass is 719 g/mol. The average molecular weight is 720 g/mol. The molecule has 1 amide bonds. The number of amides is 1. The van der Waals surface area contributed by atoms with Gasteiger partial charge in [0.2, 0.25) is 0 Å². The second kappa shape index (κ2) is 16.4. The molecule has 8 N–H and O–H groups in total. The number of carbonyl (C=O) groups excluding carboxylic acids is 1. The van der Waals surface area contributed by atoms with Gasteiger partial charge >= 0.3 is 5.97 Å². The Morgan fingerprint density at radius 1 is 1.12 bits per heavy atom. The van der Waals surface area contributed by atoms with Crippen molar-refractivity contribution in [2.24, 2.45) is 16.5 Å². The molecule has 5 rings (SSSR count). The van der Waals surface area contributed by atoms with E-state index in [1.165, 1.54) is 18.2 Å². The Labute approximate surface area is 287 Å². The first-order chi connectivity index (χ1) is 23.1. The molecule has 1 unspecified atom stereocenters. The van der Waals surface area contributed by atoms with Crippen molar-refractivity contribution in [1.82, 2.24) is 15.2 Å². The zero-order valence-electron chi connectivity index (χ0n) is 26.3. The maximum absolute atomic E-state index is 13.3. The molecule has 260 valence electrons. The van der Waals surface area contributed by atoms with Crippen LogP contribution in [-0.2, 0) is 26.1 Å². The highest BCUT2D eigenvalue weighted by atomic mass is 32.2. The molecule has 3 aromatic rings. The van der Waals surface area contributed by atoms with Crippen LogP contribution in [0.4, 0.5) is 16.5 Å². The fourth-order valence-electron chi connectivity index (χ4n) is 5.61. The van der Waals surface area contributed by atoms with Crippen molar-refractivity contribution >= 4 is 67.0 Å². The Bertz CT molecular complexity index is 1680. The highest BCUT2D eigenvalue weighted by molar-refractivity contribution is 7.92. The topological polar surface area (TPSA) is 218 Å². The van der Waals surface area contributed by atoms with E-state index in [0.717, 1.165) is 74.4 Å². The number of guanidine groups is 1. The number of carboxylic acids is 1. The number of aliphatic imine (C=N–C) groups is 1. The van der Waals surface area contributed by atoms with Gasteiger partial charge in [0.15, 0.2) is 11.1 Å². The third kappa shape index (κ3) is 9.56. The molecule has 0 aliphatic carbocycles. The Balaban J connectivity index is 1.15. The normalized spacial score (nSPS) is 16.6. The van der Waals surface area contributed by atoms with Crippen molar-refractivity contribution in [3.8, 4) is 0 Å². The maximum atomic E-state index is 13.3. The quantitative estimate of drug-likeness (QED) is 0.0757. The molecule has 18 heteroatoms. The van der Waals surface area contributed by atoms with E-state index in [4.69, 9.17) is 21.2 Å². The number of thiophene rings is 1. The second-order valence-electron chi connectivity index (χ2n) is 11.5. The van der Waals surface area contributed by atoms with Crippen molar-refractivity contribution in [2.45, 2.75) is 49.2 Å². The molecule has 2 fully saturated rings. The first-order valence-corrected chi connectivity index (χ1v) is 18.9. The molecule has 2 aliphatic rings. The van der Waals surface area contributed by atoms with Gasteiger partial charge in [-0.25, -0.2) is 18.2 Å². The third-order valence-corrected chi connectivity index (χ3v) is 11.3. The number of ether oxygens (including phenoxy) is 1. The van der Waals surface area contributed by atoms with Gasteiger partial charge in [-0.1, -0.05) is 6.07 Å². The number of rotatable bonds is 15. The number of carbonyl (C=O) groups is 2. The van der Waals surface area contributed by atoms with Gasteiger partial charge in [-0.15, -0.1) is 22.7 Å². The first-order valence-electron chi connectivity index (χ1n) is 15.6. The van der Waals surface area contributed by atoms with E-state index in [-0.39, 0.29) is 34.4 Å². The summed E-state index contributed by atoms with van der Waals surface area (Å²) >= 11 is 2.60. The summed E-state index contributed by atoms with van der Waals surface area (Å²) in [6.45, 7) is 6.18. The average Bonchev–Trinajstić information content (AvgIpc) is 3.75. The zero-order valence-corrected chi connectivity index (χ0v) is 28.8. The van der Waals surface area contributed by atoms with E-state index in [0.29, 0.717) is 24.7 Å². The predicted octanol–water partition coefficient (Wildman–Crippen LogP) is 2.16. The van der Waals surface area contributed by atoms with E-state index in [9.17, 15) is 23.1 Å². The molecule has 1 atom stereocenters. The molecular formula is C30H41N9O6S3. The lowest BCUT2D eigenvalue weighted by Crippen LogP contribution is -2.49. The molecule has 2 aromatic heterocycles. The number of aliphatic carboxylic acids is 1. The molecular weight excluding hydrogens is 679 g/mol. The fraction of sp³-hybridized carbons (Fsp3) is 0.467. The number of thiazole rings is 1. The molecule has 0 saturated carbocycles. The molecule has 0 bridgehead atoms. The summed E-state index contributed by atoms with van der Waals surface area (Å²) in [5.41, 5.74) is 12.1. The molecule has 0 radical (unpaired) electrons. The van der Waals surface area contributed by atoms with Crippen LogP contribution in [0.5, 0.6) is 0 Å². The number of hydrogen-bond acceptors (Lipinski definition) is 12. The van der Waals surface area contributed by atoms with Crippen LogP contribution in [-0.4, -0.2) is 99.3 Å². The molecule has 1 aromatic carbocycles. The number of morpholine rings is 1. The summed E-state index contributed by atoms with van der Waals surface area (Å²) < 4.78 is 34.7. The van der Waals surface area contributed by atoms with Crippen LogP contribution in [0.1, 0.15) is 41.0 Å². The van der Waals surface area contributed by atoms with Gasteiger partial charge in [-0.3, -0.25) is 19.4 Å². The summed E-state index contributed by atoms with van der Waals surface area (Å²) in [4.78, 5) is 38.2. The van der Waals surface area contributed by atoms with Gasteiger partial charge in [-0.2, -0.15) is 0 Å². The van der Waals surface area contributed by atoms with E-state index >= 15 is 0 Å². The van der Waals surface area contributed by atoms with Crippen molar-refractivity contribution < 1.29 is 27.9 Å². The highest BCUT2D eigenvalue weighted by Crippen LogP contribution is 2.28. The van der Waals surface area contributed by atoms with E-state index in [1.54, 1.807) is 28.8 Å². The number of piperidine rings is 1. The summed E-state index contributed by atoms with van der Waals surface area (Å²) in [7, 11) is -4.09. The van der Waals surface area contributed by atoms with E-state index in [1.807, 2.05) is 5.38 Å². The first kappa shape index (κ1) is 35.3. The lowest BCUT2D eigenvalue weighted by atomic mass is 10.0. The lowest BCUT2D eigenvalue weighted by molar-refractivity contribution is -0.139. The fourth-order valence-corrected chi connectivity index (χ4v) is 8.42. The number of benzene rings is 1. The number of sulfonamides is 1. The maximum Gasteiger partial charge on any atom is 0.326 e. The largest absolute Gasteiger partial charge is 0.480 e. The minimum Gasteiger partial charge on any atom is -0.480 e. The second-order valence-corrected chi connectivity index (χ2v) is 14.9. The van der Waals surface area contributed by atoms with Gasteiger partial charge in [0, 0.05) is 49.8 Å². The Morgan fingerprint density at radius 3 is 2.62 bits per heavy atom. The van der Waals surface area contributed by atoms with E-state index < -0.39 is 27.9 Å². The summed E-state index contributed by atoms with van der Waals surface area (Å²) in [6.07, 6.45) is 2.61. The zero-order chi connectivity index (χ0) is 34.1. The summed E-state index contributed by atoms with van der Waals surface area (Å²) in [5.74, 6) is -2.05. The van der Waals surface area contributed by atoms with E-state index in [2.05, 4.69) is 30.1 Å². The smallest absolute Gasteiger partial charge is 0.326 e. The molecule has 2 saturated heterocycles. The van der Waals surface area contributed by atoms with Gasteiger partial charge in [0.25, 0.3) is 15.9 Å². The molecule has 0 spiro atoms. The molecule has 48 heavy (non-hydrogen) atoms. The van der Waals surface area contributed by atoms with Gasteiger partial charge in [0.1, 0.15) is 10.9 Å². The molecule has 4 heterocycles. The van der Waals surface area contributed by atoms with Gasteiger partial charge < -0.3 is 36.8 Å². The third-order valence-electron chi connectivity index (χ3n) is 8.12. The van der Waals surface area contributed by atoms with Crippen molar-refractivity contribution in [2.75, 3.05) is 60.9 Å². The minimum absolute atomic E-state index is 0.00434. The Hall–Kier alpha value is -3.97. The summed E-state index contributed by atoms with van der Waals surface area (Å²) in [6, 6.07) is 7.21. The number of aromatic nitrogens is 1. The number of nitrogens with two attached hydrogens (primary N) is 2. The SMILES string of the molecule is NC(N)=NCCCC(NC(=O)c1sccc1NS(=O)(=O)c1cccc(NCc2csc(N3CCC(N4CCOCC4)CC3)n2)c1)C(=O)O. The number of hydrogen-bond donors (Lipinski definition) is 6. The van der Waals surface area contributed by atoms with Crippen LogP contribution in [0.15, 0.2) is 51.0 Å². The standard InChI is InChI=1S/C30H41N9O6S3/c31-29(32)33-9-2-5-25(28(41)42)36-27(40)26-24(8-16-46-26)37-48(43,44)23-4-1-3-20(17-23)34-18-21-19-47-30(35-21)39-10-6-22(7-11-39)38-12-14-45-15-13-38/h1,3-4,8,16-17,19,22,25,34,37H,2,5-7,9-15,18H2,(H,36,40)(H,41,42)(H4,31,32,33). The van der Waals surface area contributed by atoms with Crippen molar-refractivity contribution in [3.63, 3.8) is 0 Å². The predicted molar refractivity (Wildman–Crippen MR) is 187 cm³/mol. The van der Waals surface area contributed by atoms with Gasteiger partial charge in [-0.05, 0) is 55.3 Å². The highest BCUT2D eigenvalue weighted by Gasteiger charge is 2.27. The summed E-state index contributed by atoms with van der Waals surface area (Å²) in [5, 5.41) is 19.8. The molecule has 2 aliphatic heterocycles. The van der Waals surface area contributed by atoms with Crippen LogP contribution in [0, 0.1) is 0 Å². The number of anilines is 3. The van der Waals surface area contributed by atoms with Crippen molar-refractivity contribution in [1.29, 1.82) is 0 Å².